The van der Waals surface area contributed by atoms with Crippen LogP contribution in [0, 0.1) is 5.41 Å². The topological polar surface area (TPSA) is 64.4 Å². The van der Waals surface area contributed by atoms with E-state index in [4.69, 9.17) is 15.4 Å². The van der Waals surface area contributed by atoms with E-state index in [1.54, 1.807) is 18.2 Å². The summed E-state index contributed by atoms with van der Waals surface area (Å²) in [7, 11) is 2.01. The zero-order valence-corrected chi connectivity index (χ0v) is 27.5. The Morgan fingerprint density at radius 2 is 1.50 bits per heavy atom. The van der Waals surface area contributed by atoms with Gasteiger partial charge >= 0.3 is 0 Å². The quantitative estimate of drug-likeness (QED) is 0.139. The predicted molar refractivity (Wildman–Crippen MR) is 207 cm³/mol. The van der Waals surface area contributed by atoms with E-state index in [1.165, 1.54) is 27.4 Å². The molecular weight excluding hydrogens is 613 g/mol. The van der Waals surface area contributed by atoms with E-state index in [9.17, 15) is 0 Å². The number of allylic oxidation sites excluding steroid dienone is 3. The molecule has 238 valence electrons. The molecule has 0 aliphatic heterocycles. The van der Waals surface area contributed by atoms with E-state index in [0.29, 0.717) is 11.4 Å². The number of hydrogen-bond donors (Lipinski definition) is 1. The number of aromatic nitrogens is 5. The molecule has 5 heterocycles. The van der Waals surface area contributed by atoms with Crippen LogP contribution in [0.25, 0.3) is 77.6 Å². The van der Waals surface area contributed by atoms with Gasteiger partial charge in [0.25, 0.3) is 0 Å². The van der Waals surface area contributed by atoms with Gasteiger partial charge in [0.15, 0.2) is 0 Å². The molecule has 0 spiro atoms. The van der Waals surface area contributed by atoms with Crippen LogP contribution in [0.3, 0.4) is 0 Å². The highest BCUT2D eigenvalue weighted by Gasteiger charge is 2.20. The van der Waals surface area contributed by atoms with Gasteiger partial charge in [-0.25, -0.2) is 9.97 Å². The molecule has 5 aromatic heterocycles. The number of aryl methyl sites for hydroxylation is 1. The van der Waals surface area contributed by atoms with Crippen molar-refractivity contribution in [3.05, 3.63) is 170 Å². The first-order valence-electron chi connectivity index (χ1n) is 16.6. The van der Waals surface area contributed by atoms with Crippen LogP contribution in [0.1, 0.15) is 5.69 Å². The number of hydrogen-bond acceptors (Lipinski definition) is 3. The molecule has 0 aliphatic rings. The van der Waals surface area contributed by atoms with Gasteiger partial charge in [-0.3, -0.25) is 9.98 Å². The van der Waals surface area contributed by atoms with Crippen molar-refractivity contribution >= 4 is 49.5 Å². The predicted octanol–water partition coefficient (Wildman–Crippen LogP) is 10.5. The molecule has 0 atom stereocenters. The monoisotopic (exact) mass is 644 g/mol. The zero-order chi connectivity index (χ0) is 33.8. The molecule has 0 aliphatic carbocycles. The van der Waals surface area contributed by atoms with E-state index in [2.05, 4.69) is 119 Å². The Balaban J connectivity index is 1.29. The summed E-state index contributed by atoms with van der Waals surface area (Å²) in [5.41, 5.74) is 11.2. The van der Waals surface area contributed by atoms with E-state index >= 15 is 0 Å². The van der Waals surface area contributed by atoms with Crippen molar-refractivity contribution in [2.45, 2.75) is 0 Å². The SMILES string of the molecule is C=C/C=C\C(=N)c1cc(-n2c3ccc(-c4cccc5c4c4ccccc4n5-c4ccccc4)cc3c3cccnc32)cc(-c2cccn2C)n1. The lowest BCUT2D eigenvalue weighted by Crippen LogP contribution is -2.05. The first kappa shape index (κ1) is 29.4. The Morgan fingerprint density at radius 3 is 2.34 bits per heavy atom. The Hall–Kier alpha value is -6.79. The van der Waals surface area contributed by atoms with Gasteiger partial charge in [0.05, 0.1) is 45.0 Å². The second-order valence-electron chi connectivity index (χ2n) is 12.4. The zero-order valence-electron chi connectivity index (χ0n) is 27.5. The van der Waals surface area contributed by atoms with Crippen LogP contribution in [0.5, 0.6) is 0 Å². The summed E-state index contributed by atoms with van der Waals surface area (Å²) in [4.78, 5) is 9.84. The van der Waals surface area contributed by atoms with Crippen LogP contribution < -0.4 is 0 Å². The number of nitrogens with zero attached hydrogens (tertiary/aromatic N) is 5. The minimum atomic E-state index is 0.306. The maximum Gasteiger partial charge on any atom is 0.145 e. The summed E-state index contributed by atoms with van der Waals surface area (Å²) < 4.78 is 6.60. The van der Waals surface area contributed by atoms with Gasteiger partial charge in [0.2, 0.25) is 0 Å². The number of pyridine rings is 2. The molecule has 0 saturated heterocycles. The summed E-state index contributed by atoms with van der Waals surface area (Å²) in [5, 5.41) is 13.4. The maximum atomic E-state index is 8.83. The fourth-order valence-electron chi connectivity index (χ4n) is 7.28. The lowest BCUT2D eigenvalue weighted by molar-refractivity contribution is 0.929. The van der Waals surface area contributed by atoms with Gasteiger partial charge < -0.3 is 9.13 Å². The molecule has 0 bridgehead atoms. The highest BCUT2D eigenvalue weighted by Crippen LogP contribution is 2.41. The van der Waals surface area contributed by atoms with Crippen LogP contribution >= 0.6 is 0 Å². The number of fused-ring (bicyclic) bond motifs is 6. The Labute approximate surface area is 289 Å². The molecule has 0 saturated carbocycles. The van der Waals surface area contributed by atoms with Crippen molar-refractivity contribution in [2.24, 2.45) is 7.05 Å². The second-order valence-corrected chi connectivity index (χ2v) is 12.4. The van der Waals surface area contributed by atoms with Crippen LogP contribution in [0.2, 0.25) is 0 Å². The third kappa shape index (κ3) is 4.61. The van der Waals surface area contributed by atoms with Gasteiger partial charge in [-0.05, 0) is 90.0 Å². The second kappa shape index (κ2) is 11.7. The molecule has 0 unspecified atom stereocenters. The Morgan fingerprint density at radius 1 is 0.700 bits per heavy atom. The normalized spacial score (nSPS) is 11.8. The minimum Gasteiger partial charge on any atom is -0.349 e. The fraction of sp³-hybridized carbons (Fsp3) is 0.0227. The van der Waals surface area contributed by atoms with Crippen molar-refractivity contribution < 1.29 is 0 Å². The summed E-state index contributed by atoms with van der Waals surface area (Å²) >= 11 is 0. The smallest absolute Gasteiger partial charge is 0.145 e. The van der Waals surface area contributed by atoms with E-state index in [0.717, 1.165) is 50.3 Å². The van der Waals surface area contributed by atoms with Crippen molar-refractivity contribution in [2.75, 3.05) is 0 Å². The molecule has 50 heavy (non-hydrogen) atoms. The molecule has 0 amide bonds. The summed E-state index contributed by atoms with van der Waals surface area (Å²) in [6.45, 7) is 3.78. The maximum absolute atomic E-state index is 8.83. The third-order valence-corrected chi connectivity index (χ3v) is 9.50. The van der Waals surface area contributed by atoms with E-state index in [-0.39, 0.29) is 0 Å². The number of nitrogens with one attached hydrogen (secondary N) is 1. The van der Waals surface area contributed by atoms with Crippen LogP contribution in [0.15, 0.2) is 165 Å². The van der Waals surface area contributed by atoms with Crippen molar-refractivity contribution in [1.82, 2.24) is 23.7 Å². The highest BCUT2D eigenvalue weighted by atomic mass is 15.1. The molecule has 4 aromatic carbocycles. The standard InChI is InChI=1S/C44H32N6/c1-3-4-18-36(45)37-27-31(28-38(47-37)41-21-12-25-48(41)2)50-40-23-22-29(26-35(40)33-17-11-24-46-44(33)50)32-16-10-20-42-43(32)34-15-8-9-19-39(34)49(42)30-13-6-5-7-14-30/h3-28,45H,1H2,2H3/b18-4-,45-36?. The average molecular weight is 645 g/mol. The molecule has 9 rings (SSSR count). The van der Waals surface area contributed by atoms with Gasteiger partial charge in [-0.15, -0.1) is 0 Å². The van der Waals surface area contributed by atoms with Crippen molar-refractivity contribution in [1.29, 1.82) is 5.41 Å². The third-order valence-electron chi connectivity index (χ3n) is 9.50. The summed E-state index contributed by atoms with van der Waals surface area (Å²) in [6.07, 6.45) is 9.01. The molecule has 6 nitrogen and oxygen atoms in total. The first-order chi connectivity index (χ1) is 24.6. The van der Waals surface area contributed by atoms with Gasteiger partial charge in [-0.2, -0.15) is 0 Å². The molecular formula is C44H32N6. The fourth-order valence-corrected chi connectivity index (χ4v) is 7.28. The lowest BCUT2D eigenvalue weighted by atomic mass is 9.98. The molecule has 0 radical (unpaired) electrons. The summed E-state index contributed by atoms with van der Waals surface area (Å²) in [6, 6.07) is 44.8. The number of rotatable bonds is 7. The summed E-state index contributed by atoms with van der Waals surface area (Å²) in [5.74, 6) is 0. The van der Waals surface area contributed by atoms with Gasteiger partial charge in [0, 0.05) is 46.7 Å². The lowest BCUT2D eigenvalue weighted by Gasteiger charge is -2.13. The highest BCUT2D eigenvalue weighted by molar-refractivity contribution is 6.17. The number of para-hydroxylation sites is 2. The molecule has 6 heteroatoms. The van der Waals surface area contributed by atoms with E-state index in [1.807, 2.05) is 48.3 Å². The van der Waals surface area contributed by atoms with Crippen LogP contribution in [-0.2, 0) is 7.05 Å². The van der Waals surface area contributed by atoms with Crippen LogP contribution in [0.4, 0.5) is 0 Å². The van der Waals surface area contributed by atoms with Gasteiger partial charge in [0.1, 0.15) is 5.65 Å². The largest absolute Gasteiger partial charge is 0.349 e. The minimum absolute atomic E-state index is 0.306. The molecule has 1 N–H and O–H groups in total. The Kier molecular flexibility index (Phi) is 6.88. The van der Waals surface area contributed by atoms with Crippen molar-refractivity contribution in [3.8, 4) is 33.9 Å². The molecule has 0 fully saturated rings. The van der Waals surface area contributed by atoms with Crippen LogP contribution in [-0.4, -0.2) is 29.4 Å². The first-order valence-corrected chi connectivity index (χ1v) is 16.6. The number of benzene rings is 4. The Bertz CT molecular complexity index is 2810. The van der Waals surface area contributed by atoms with Crippen molar-refractivity contribution in [3.63, 3.8) is 0 Å². The average Bonchev–Trinajstić information content (AvgIpc) is 3.85. The van der Waals surface area contributed by atoms with E-state index < -0.39 is 0 Å². The molecule has 9 aromatic rings. The van der Waals surface area contributed by atoms with Gasteiger partial charge in [-0.1, -0.05) is 73.3 Å².